The fourth-order valence-corrected chi connectivity index (χ4v) is 0.859. The molecule has 0 radical (unpaired) electrons. The average Bonchev–Trinajstić information content (AvgIpc) is 2.15. The Balaban J connectivity index is 2.99. The van der Waals surface area contributed by atoms with E-state index in [0.717, 1.165) is 5.57 Å². The van der Waals surface area contributed by atoms with E-state index in [9.17, 15) is 9.59 Å². The first-order valence-corrected chi connectivity index (χ1v) is 4.27. The third-order valence-electron chi connectivity index (χ3n) is 1.53. The molecule has 5 heteroatoms. The second-order valence-corrected chi connectivity index (χ2v) is 3.18. The number of carboxylic acids is 1. The van der Waals surface area contributed by atoms with Gasteiger partial charge < -0.3 is 14.8 Å². The summed E-state index contributed by atoms with van der Waals surface area (Å²) in [6.07, 6.45) is 1.42. The van der Waals surface area contributed by atoms with Gasteiger partial charge in [-0.15, -0.1) is 0 Å². The van der Waals surface area contributed by atoms with Crippen molar-refractivity contribution >= 4 is 5.97 Å². The number of H-pyrrole nitrogens is 1. The molecule has 15 heavy (non-hydrogen) atoms. The topological polar surface area (TPSA) is 79.4 Å². The van der Waals surface area contributed by atoms with Crippen molar-refractivity contribution in [3.05, 3.63) is 40.0 Å². The Labute approximate surface area is 86.0 Å². The normalized spacial score (nSPS) is 9.47. The zero-order valence-corrected chi connectivity index (χ0v) is 8.40. The summed E-state index contributed by atoms with van der Waals surface area (Å²) in [6, 6.07) is 2.60. The van der Waals surface area contributed by atoms with E-state index in [2.05, 4.69) is 4.98 Å². The van der Waals surface area contributed by atoms with Gasteiger partial charge in [0.05, 0.1) is 6.26 Å². The van der Waals surface area contributed by atoms with Crippen molar-refractivity contribution in [2.24, 2.45) is 0 Å². The summed E-state index contributed by atoms with van der Waals surface area (Å²) in [7, 11) is 0. The fraction of sp³-hybridized carbons (Fsp3) is 0.200. The Morgan fingerprint density at radius 3 is 2.60 bits per heavy atom. The van der Waals surface area contributed by atoms with Gasteiger partial charge in [0.1, 0.15) is 5.69 Å². The van der Waals surface area contributed by atoms with Crippen LogP contribution in [-0.4, -0.2) is 16.1 Å². The molecule has 1 aromatic rings. The number of carboxylic acid groups (broad SMARTS) is 1. The smallest absolute Gasteiger partial charge is 0.352 e. The lowest BCUT2D eigenvalue weighted by molar-refractivity contribution is 0.0690. The van der Waals surface area contributed by atoms with Crippen LogP contribution in [0.25, 0.3) is 0 Å². The Morgan fingerprint density at radius 1 is 1.47 bits per heavy atom. The quantitative estimate of drug-likeness (QED) is 0.737. The van der Waals surface area contributed by atoms with Gasteiger partial charge in [-0.2, -0.15) is 0 Å². The number of allylic oxidation sites excluding steroid dienone is 1. The van der Waals surface area contributed by atoms with Crippen molar-refractivity contribution in [1.82, 2.24) is 4.98 Å². The largest absolute Gasteiger partial charge is 0.477 e. The average molecular weight is 209 g/mol. The lowest BCUT2D eigenvalue weighted by Crippen LogP contribution is -2.13. The van der Waals surface area contributed by atoms with Gasteiger partial charge in [0, 0.05) is 0 Å². The number of pyridine rings is 1. The summed E-state index contributed by atoms with van der Waals surface area (Å²) in [5, 5.41) is 8.60. The molecule has 0 aliphatic heterocycles. The molecular formula is C10H11NO4. The van der Waals surface area contributed by atoms with Crippen LogP contribution in [0.3, 0.4) is 0 Å². The highest BCUT2D eigenvalue weighted by atomic mass is 16.5. The van der Waals surface area contributed by atoms with Crippen LogP contribution in [0.1, 0.15) is 24.3 Å². The lowest BCUT2D eigenvalue weighted by Gasteiger charge is -2.00. The van der Waals surface area contributed by atoms with E-state index in [1.165, 1.54) is 18.4 Å². The highest BCUT2D eigenvalue weighted by molar-refractivity contribution is 5.85. The highest BCUT2D eigenvalue weighted by Crippen LogP contribution is 2.04. The first-order valence-electron chi connectivity index (χ1n) is 4.27. The number of rotatable bonds is 3. The molecule has 2 N–H and O–H groups in total. The van der Waals surface area contributed by atoms with Crippen molar-refractivity contribution < 1.29 is 14.6 Å². The zero-order chi connectivity index (χ0) is 11.4. The van der Waals surface area contributed by atoms with Crippen molar-refractivity contribution in [2.75, 3.05) is 0 Å². The summed E-state index contributed by atoms with van der Waals surface area (Å²) < 4.78 is 5.03. The maximum Gasteiger partial charge on any atom is 0.352 e. The number of ether oxygens (including phenoxy) is 1. The molecule has 5 nitrogen and oxygen atoms in total. The summed E-state index contributed by atoms with van der Waals surface area (Å²) >= 11 is 0. The number of aromatic amines is 1. The van der Waals surface area contributed by atoms with Gasteiger partial charge >= 0.3 is 5.97 Å². The van der Waals surface area contributed by atoms with E-state index in [1.807, 2.05) is 13.8 Å². The van der Waals surface area contributed by atoms with Gasteiger partial charge in [-0.25, -0.2) is 4.79 Å². The van der Waals surface area contributed by atoms with Crippen LogP contribution >= 0.6 is 0 Å². The van der Waals surface area contributed by atoms with Crippen molar-refractivity contribution in [3.63, 3.8) is 0 Å². The van der Waals surface area contributed by atoms with E-state index in [-0.39, 0.29) is 11.4 Å². The van der Waals surface area contributed by atoms with Gasteiger partial charge in [0.2, 0.25) is 0 Å². The molecule has 0 saturated carbocycles. The fourth-order valence-electron chi connectivity index (χ4n) is 0.859. The molecule has 0 fully saturated rings. The highest BCUT2D eigenvalue weighted by Gasteiger charge is 2.06. The van der Waals surface area contributed by atoms with Gasteiger partial charge in [-0.05, 0) is 31.6 Å². The minimum absolute atomic E-state index is 0.0706. The Bertz CT molecular complexity index is 455. The first-order chi connectivity index (χ1) is 7.00. The maximum atomic E-state index is 11.3. The number of hydrogen-bond donors (Lipinski definition) is 2. The Hall–Kier alpha value is -2.04. The minimum atomic E-state index is -1.18. The van der Waals surface area contributed by atoms with Crippen molar-refractivity contribution in [3.8, 4) is 5.75 Å². The molecule has 0 spiro atoms. The van der Waals surface area contributed by atoms with Crippen LogP contribution in [0.2, 0.25) is 0 Å². The van der Waals surface area contributed by atoms with Crippen LogP contribution in [0.5, 0.6) is 5.75 Å². The third kappa shape index (κ3) is 2.98. The van der Waals surface area contributed by atoms with Crippen LogP contribution < -0.4 is 10.3 Å². The van der Waals surface area contributed by atoms with Gasteiger partial charge in [-0.3, -0.25) is 4.79 Å². The molecular weight excluding hydrogens is 198 g/mol. The van der Waals surface area contributed by atoms with E-state index in [1.54, 1.807) is 0 Å². The molecule has 0 unspecified atom stereocenters. The number of aromatic nitrogens is 1. The van der Waals surface area contributed by atoms with Crippen LogP contribution in [0, 0.1) is 0 Å². The molecule has 0 amide bonds. The van der Waals surface area contributed by atoms with Crippen LogP contribution in [-0.2, 0) is 0 Å². The summed E-state index contributed by atoms with van der Waals surface area (Å²) in [5.74, 6) is -1.11. The predicted octanol–water partition coefficient (Wildman–Crippen LogP) is 1.38. The second-order valence-electron chi connectivity index (χ2n) is 3.18. The van der Waals surface area contributed by atoms with E-state index < -0.39 is 11.5 Å². The zero-order valence-electron chi connectivity index (χ0n) is 8.40. The standard InChI is InChI=1S/C10H11NO4/c1-6(2)5-15-8-4-3-7(10(13)14)11-9(8)12/h3-5H,1-2H3,(H,11,12)(H,13,14). The molecule has 0 atom stereocenters. The molecule has 0 bridgehead atoms. The minimum Gasteiger partial charge on any atom is -0.477 e. The lowest BCUT2D eigenvalue weighted by atomic mass is 10.3. The van der Waals surface area contributed by atoms with E-state index >= 15 is 0 Å². The molecule has 1 aromatic heterocycles. The molecule has 0 aromatic carbocycles. The summed E-state index contributed by atoms with van der Waals surface area (Å²) in [6.45, 7) is 3.64. The van der Waals surface area contributed by atoms with Crippen LogP contribution in [0.4, 0.5) is 0 Å². The van der Waals surface area contributed by atoms with E-state index in [0.29, 0.717) is 0 Å². The van der Waals surface area contributed by atoms with Crippen molar-refractivity contribution in [1.29, 1.82) is 0 Å². The Kier molecular flexibility index (Phi) is 3.28. The van der Waals surface area contributed by atoms with Crippen LogP contribution in [0.15, 0.2) is 28.8 Å². The molecule has 0 aliphatic rings. The maximum absolute atomic E-state index is 11.3. The number of hydrogen-bond acceptors (Lipinski definition) is 3. The number of nitrogens with one attached hydrogen (secondary N) is 1. The number of carbonyl (C=O) groups is 1. The first kappa shape index (κ1) is 11.0. The van der Waals surface area contributed by atoms with E-state index in [4.69, 9.17) is 9.84 Å². The molecule has 1 heterocycles. The predicted molar refractivity (Wildman–Crippen MR) is 54.1 cm³/mol. The molecule has 80 valence electrons. The van der Waals surface area contributed by atoms with Gasteiger partial charge in [0.15, 0.2) is 5.75 Å². The van der Waals surface area contributed by atoms with Gasteiger partial charge in [0.25, 0.3) is 5.56 Å². The molecule has 0 aliphatic carbocycles. The summed E-state index contributed by atoms with van der Waals surface area (Å²) in [5.41, 5.74) is 0.175. The van der Waals surface area contributed by atoms with Gasteiger partial charge in [-0.1, -0.05) is 0 Å². The second kappa shape index (κ2) is 4.45. The summed E-state index contributed by atoms with van der Waals surface area (Å²) in [4.78, 5) is 24.0. The molecule has 1 rings (SSSR count). The van der Waals surface area contributed by atoms with Crippen molar-refractivity contribution in [2.45, 2.75) is 13.8 Å². The third-order valence-corrected chi connectivity index (χ3v) is 1.53. The monoisotopic (exact) mass is 209 g/mol. The SMILES string of the molecule is CC(C)=COc1ccc(C(=O)O)[nH]c1=O. The number of aromatic carboxylic acids is 1. The Morgan fingerprint density at radius 2 is 2.13 bits per heavy atom. The molecule has 0 saturated heterocycles.